The van der Waals surface area contributed by atoms with Crippen molar-refractivity contribution in [1.29, 1.82) is 0 Å². The molecule has 0 unspecified atom stereocenters. The highest BCUT2D eigenvalue weighted by molar-refractivity contribution is 7.99. The van der Waals surface area contributed by atoms with Crippen molar-refractivity contribution in [2.24, 2.45) is 0 Å². The number of para-hydroxylation sites is 1. The second kappa shape index (κ2) is 7.41. The number of allylic oxidation sites excluding steroid dienone is 1. The van der Waals surface area contributed by atoms with Gasteiger partial charge in [-0.15, -0.1) is 18.3 Å². The van der Waals surface area contributed by atoms with Crippen LogP contribution in [0.3, 0.4) is 0 Å². The second-order valence-electron chi connectivity index (χ2n) is 3.45. The molecule has 15 heavy (non-hydrogen) atoms. The number of unbranched alkanes of at least 4 members (excludes halogenated alkanes) is 3. The molecule has 0 fully saturated rings. The van der Waals surface area contributed by atoms with E-state index in [1.807, 2.05) is 24.3 Å². The Morgan fingerprint density at radius 2 is 2.00 bits per heavy atom. The highest BCUT2D eigenvalue weighted by Crippen LogP contribution is 2.28. The molecule has 1 nitrogen and oxygen atoms in total. The summed E-state index contributed by atoms with van der Waals surface area (Å²) in [7, 11) is 0. The maximum absolute atomic E-state index is 9.52. The lowest BCUT2D eigenvalue weighted by molar-refractivity contribution is 0.462. The third-order valence-electron chi connectivity index (χ3n) is 2.18. The first-order valence-electron chi connectivity index (χ1n) is 5.36. The highest BCUT2D eigenvalue weighted by Gasteiger charge is 1.99. The Morgan fingerprint density at radius 1 is 1.20 bits per heavy atom. The molecule has 0 spiro atoms. The highest BCUT2D eigenvalue weighted by atomic mass is 32.2. The van der Waals surface area contributed by atoms with E-state index in [0.717, 1.165) is 17.1 Å². The largest absolute Gasteiger partial charge is 0.507 e. The minimum absolute atomic E-state index is 0.397. The average Bonchev–Trinajstić information content (AvgIpc) is 2.25. The molecule has 0 aliphatic heterocycles. The topological polar surface area (TPSA) is 20.2 Å². The van der Waals surface area contributed by atoms with Crippen LogP contribution in [0.4, 0.5) is 0 Å². The number of benzene rings is 1. The van der Waals surface area contributed by atoms with Gasteiger partial charge in [-0.25, -0.2) is 0 Å². The van der Waals surface area contributed by atoms with Crippen LogP contribution < -0.4 is 0 Å². The first-order valence-corrected chi connectivity index (χ1v) is 6.35. The SMILES string of the molecule is C=CCCCCCSc1ccccc1O. The molecule has 0 saturated heterocycles. The van der Waals surface area contributed by atoms with E-state index in [1.165, 1.54) is 19.3 Å². The molecular weight excluding hydrogens is 204 g/mol. The number of phenolic OH excluding ortho intramolecular Hbond substituents is 1. The van der Waals surface area contributed by atoms with Crippen LogP contribution in [0.25, 0.3) is 0 Å². The molecule has 1 N–H and O–H groups in total. The van der Waals surface area contributed by atoms with Gasteiger partial charge in [-0.05, 0) is 37.1 Å². The van der Waals surface area contributed by atoms with Gasteiger partial charge in [0.25, 0.3) is 0 Å². The molecule has 1 aromatic rings. The quantitative estimate of drug-likeness (QED) is 0.423. The molecular formula is C13H18OS. The molecule has 2 heteroatoms. The molecule has 0 bridgehead atoms. The first kappa shape index (κ1) is 12.2. The van der Waals surface area contributed by atoms with Crippen molar-refractivity contribution < 1.29 is 5.11 Å². The molecule has 1 aromatic carbocycles. The van der Waals surface area contributed by atoms with Gasteiger partial charge in [0.2, 0.25) is 0 Å². The van der Waals surface area contributed by atoms with Gasteiger partial charge < -0.3 is 5.11 Å². The number of phenols is 1. The van der Waals surface area contributed by atoms with E-state index in [0.29, 0.717) is 5.75 Å². The summed E-state index contributed by atoms with van der Waals surface area (Å²) in [5, 5.41) is 9.52. The van der Waals surface area contributed by atoms with E-state index in [4.69, 9.17) is 0 Å². The van der Waals surface area contributed by atoms with E-state index >= 15 is 0 Å². The summed E-state index contributed by atoms with van der Waals surface area (Å²) in [4.78, 5) is 0.987. The van der Waals surface area contributed by atoms with Crippen LogP contribution >= 0.6 is 11.8 Å². The van der Waals surface area contributed by atoms with Crippen LogP contribution in [0.15, 0.2) is 41.8 Å². The van der Waals surface area contributed by atoms with Crippen molar-refractivity contribution in [3.63, 3.8) is 0 Å². The minimum Gasteiger partial charge on any atom is -0.507 e. The summed E-state index contributed by atoms with van der Waals surface area (Å²) < 4.78 is 0. The predicted octanol–water partition coefficient (Wildman–Crippen LogP) is 4.23. The summed E-state index contributed by atoms with van der Waals surface area (Å²) in [5.74, 6) is 1.47. The fraction of sp³-hybridized carbons (Fsp3) is 0.385. The Kier molecular flexibility index (Phi) is 6.02. The Morgan fingerprint density at radius 3 is 2.73 bits per heavy atom. The smallest absolute Gasteiger partial charge is 0.129 e. The molecule has 0 atom stereocenters. The van der Waals surface area contributed by atoms with Gasteiger partial charge in [0, 0.05) is 4.90 Å². The van der Waals surface area contributed by atoms with Crippen LogP contribution in [0.5, 0.6) is 5.75 Å². The monoisotopic (exact) mass is 222 g/mol. The van der Waals surface area contributed by atoms with Crippen molar-refractivity contribution in [2.45, 2.75) is 30.6 Å². The molecule has 1 rings (SSSR count). The van der Waals surface area contributed by atoms with E-state index < -0.39 is 0 Å². The van der Waals surface area contributed by atoms with Crippen LogP contribution in [0, 0.1) is 0 Å². The van der Waals surface area contributed by atoms with Gasteiger partial charge in [0.15, 0.2) is 0 Å². The summed E-state index contributed by atoms with van der Waals surface area (Å²) in [6.07, 6.45) is 6.75. The van der Waals surface area contributed by atoms with Crippen molar-refractivity contribution in [3.05, 3.63) is 36.9 Å². The van der Waals surface area contributed by atoms with Crippen molar-refractivity contribution >= 4 is 11.8 Å². The molecule has 0 aromatic heterocycles. The van der Waals surface area contributed by atoms with E-state index in [1.54, 1.807) is 17.8 Å². The molecule has 0 radical (unpaired) electrons. The van der Waals surface area contributed by atoms with Gasteiger partial charge >= 0.3 is 0 Å². The normalized spacial score (nSPS) is 10.1. The molecule has 0 aliphatic rings. The van der Waals surface area contributed by atoms with Crippen LogP contribution in [0.1, 0.15) is 25.7 Å². The molecule has 0 aliphatic carbocycles. The number of thioether (sulfide) groups is 1. The average molecular weight is 222 g/mol. The van der Waals surface area contributed by atoms with E-state index in [2.05, 4.69) is 6.58 Å². The molecule has 0 amide bonds. The minimum atomic E-state index is 0.397. The number of aromatic hydroxyl groups is 1. The summed E-state index contributed by atoms with van der Waals surface area (Å²) in [6, 6.07) is 7.51. The third-order valence-corrected chi connectivity index (χ3v) is 3.32. The molecule has 82 valence electrons. The standard InChI is InChI=1S/C13H18OS/c1-2-3-4-5-8-11-15-13-10-7-6-9-12(13)14/h2,6-7,9-10,14H,1,3-5,8,11H2. The number of rotatable bonds is 7. The maximum atomic E-state index is 9.52. The van der Waals surface area contributed by atoms with Crippen LogP contribution in [-0.4, -0.2) is 10.9 Å². The number of hydrogen-bond acceptors (Lipinski definition) is 2. The Balaban J connectivity index is 2.15. The Labute approximate surface area is 96.2 Å². The van der Waals surface area contributed by atoms with Gasteiger partial charge in [-0.3, -0.25) is 0 Å². The first-order chi connectivity index (χ1) is 7.34. The zero-order valence-electron chi connectivity index (χ0n) is 8.98. The number of hydrogen-bond donors (Lipinski definition) is 1. The Bertz CT molecular complexity index is 296. The zero-order chi connectivity index (χ0) is 10.9. The van der Waals surface area contributed by atoms with Crippen LogP contribution in [0.2, 0.25) is 0 Å². The van der Waals surface area contributed by atoms with Gasteiger partial charge in [0.1, 0.15) is 5.75 Å². The summed E-state index contributed by atoms with van der Waals surface area (Å²) >= 11 is 1.73. The summed E-state index contributed by atoms with van der Waals surface area (Å²) in [6.45, 7) is 3.70. The van der Waals surface area contributed by atoms with Crippen molar-refractivity contribution in [3.8, 4) is 5.75 Å². The fourth-order valence-electron chi connectivity index (χ4n) is 1.33. The second-order valence-corrected chi connectivity index (χ2v) is 4.59. The Hall–Kier alpha value is -0.890. The lowest BCUT2D eigenvalue weighted by Gasteiger charge is -2.03. The molecule has 0 heterocycles. The van der Waals surface area contributed by atoms with Crippen LogP contribution in [-0.2, 0) is 0 Å². The zero-order valence-corrected chi connectivity index (χ0v) is 9.80. The van der Waals surface area contributed by atoms with Gasteiger partial charge in [-0.1, -0.05) is 24.6 Å². The van der Waals surface area contributed by atoms with E-state index in [-0.39, 0.29) is 0 Å². The summed E-state index contributed by atoms with van der Waals surface area (Å²) in [5.41, 5.74) is 0. The van der Waals surface area contributed by atoms with Crippen molar-refractivity contribution in [2.75, 3.05) is 5.75 Å². The van der Waals surface area contributed by atoms with Gasteiger partial charge in [-0.2, -0.15) is 0 Å². The maximum Gasteiger partial charge on any atom is 0.129 e. The lowest BCUT2D eigenvalue weighted by Crippen LogP contribution is -1.81. The predicted molar refractivity (Wildman–Crippen MR) is 67.5 cm³/mol. The van der Waals surface area contributed by atoms with Crippen molar-refractivity contribution in [1.82, 2.24) is 0 Å². The fourth-order valence-corrected chi connectivity index (χ4v) is 2.29. The lowest BCUT2D eigenvalue weighted by atomic mass is 10.2. The third kappa shape index (κ3) is 4.93. The van der Waals surface area contributed by atoms with Gasteiger partial charge in [0.05, 0.1) is 0 Å². The molecule has 0 saturated carbocycles. The van der Waals surface area contributed by atoms with E-state index in [9.17, 15) is 5.11 Å².